The maximum absolute atomic E-state index is 11.9. The number of sulfonamides is 1. The van der Waals surface area contributed by atoms with Crippen LogP contribution in [0.5, 0.6) is 0 Å². The predicted octanol–water partition coefficient (Wildman–Crippen LogP) is 1.78. The van der Waals surface area contributed by atoms with Crippen molar-refractivity contribution in [3.63, 3.8) is 0 Å². The molecular weight excluding hydrogens is 290 g/mol. The SMILES string of the molecule is O=C(O)CS(=O)(=O)NC(c1ccccc1)c1ccccc1. The molecular formula is C15H15NO4S. The lowest BCUT2D eigenvalue weighted by molar-refractivity contribution is -0.134. The van der Waals surface area contributed by atoms with Crippen molar-refractivity contribution in [2.75, 3.05) is 5.75 Å². The number of carbonyl (C=O) groups is 1. The van der Waals surface area contributed by atoms with Crippen molar-refractivity contribution in [1.29, 1.82) is 0 Å². The predicted molar refractivity (Wildman–Crippen MR) is 79.3 cm³/mol. The maximum Gasteiger partial charge on any atom is 0.320 e. The van der Waals surface area contributed by atoms with Gasteiger partial charge in [0.1, 0.15) is 0 Å². The van der Waals surface area contributed by atoms with Gasteiger partial charge in [0.15, 0.2) is 5.75 Å². The Morgan fingerprint density at radius 2 is 1.38 bits per heavy atom. The fourth-order valence-corrected chi connectivity index (χ4v) is 3.04. The minimum atomic E-state index is -3.93. The topological polar surface area (TPSA) is 83.5 Å². The summed E-state index contributed by atoms with van der Waals surface area (Å²) in [5, 5.41) is 8.68. The molecule has 0 aromatic heterocycles. The molecule has 110 valence electrons. The van der Waals surface area contributed by atoms with E-state index in [4.69, 9.17) is 5.11 Å². The Kier molecular flexibility index (Phi) is 4.72. The third-order valence-electron chi connectivity index (χ3n) is 2.88. The van der Waals surface area contributed by atoms with Gasteiger partial charge in [-0.1, -0.05) is 60.7 Å². The van der Waals surface area contributed by atoms with Gasteiger partial charge in [-0.05, 0) is 11.1 Å². The minimum Gasteiger partial charge on any atom is -0.480 e. The number of benzene rings is 2. The van der Waals surface area contributed by atoms with Crippen LogP contribution < -0.4 is 4.72 Å². The van der Waals surface area contributed by atoms with Gasteiger partial charge in [-0.25, -0.2) is 13.1 Å². The molecule has 0 aliphatic rings. The van der Waals surface area contributed by atoms with E-state index in [1.807, 2.05) is 12.1 Å². The number of aliphatic carboxylic acids is 1. The fourth-order valence-electron chi connectivity index (χ4n) is 2.00. The Morgan fingerprint density at radius 3 is 1.76 bits per heavy atom. The van der Waals surface area contributed by atoms with E-state index in [0.717, 1.165) is 11.1 Å². The Labute approximate surface area is 123 Å². The molecule has 5 nitrogen and oxygen atoms in total. The van der Waals surface area contributed by atoms with Crippen LogP contribution in [0.3, 0.4) is 0 Å². The highest BCUT2D eigenvalue weighted by molar-refractivity contribution is 7.90. The number of hydrogen-bond acceptors (Lipinski definition) is 3. The average Bonchev–Trinajstić information content (AvgIpc) is 2.45. The molecule has 2 rings (SSSR count). The summed E-state index contributed by atoms with van der Waals surface area (Å²) < 4.78 is 26.3. The Morgan fingerprint density at radius 1 is 0.952 bits per heavy atom. The molecule has 0 heterocycles. The van der Waals surface area contributed by atoms with Gasteiger partial charge in [-0.15, -0.1) is 0 Å². The lowest BCUT2D eigenvalue weighted by Crippen LogP contribution is -2.33. The Balaban J connectivity index is 2.36. The van der Waals surface area contributed by atoms with Crippen molar-refractivity contribution in [3.8, 4) is 0 Å². The first-order chi connectivity index (χ1) is 9.98. The van der Waals surface area contributed by atoms with Crippen LogP contribution in [0.4, 0.5) is 0 Å². The van der Waals surface area contributed by atoms with E-state index in [-0.39, 0.29) is 0 Å². The summed E-state index contributed by atoms with van der Waals surface area (Å²) in [6.45, 7) is 0. The standard InChI is InChI=1S/C15H15NO4S/c17-14(18)11-21(19,20)16-15(12-7-3-1-4-8-12)13-9-5-2-6-10-13/h1-10,15-16H,11H2,(H,17,18). The molecule has 2 aromatic rings. The molecule has 0 aliphatic carbocycles. The lowest BCUT2D eigenvalue weighted by atomic mass is 10.00. The zero-order valence-electron chi connectivity index (χ0n) is 11.1. The Bertz CT molecular complexity index is 659. The van der Waals surface area contributed by atoms with E-state index < -0.39 is 27.8 Å². The van der Waals surface area contributed by atoms with Crippen molar-refractivity contribution in [1.82, 2.24) is 4.72 Å². The van der Waals surface area contributed by atoms with Crippen LogP contribution in [0.2, 0.25) is 0 Å². The minimum absolute atomic E-state index is 0.614. The van der Waals surface area contributed by atoms with E-state index in [0.29, 0.717) is 0 Å². The highest BCUT2D eigenvalue weighted by atomic mass is 32.2. The van der Waals surface area contributed by atoms with Crippen molar-refractivity contribution in [2.24, 2.45) is 0 Å². The monoisotopic (exact) mass is 305 g/mol. The van der Waals surface area contributed by atoms with Gasteiger partial charge in [-0.3, -0.25) is 4.79 Å². The third kappa shape index (κ3) is 4.40. The summed E-state index contributed by atoms with van der Waals surface area (Å²) in [6, 6.07) is 17.4. The summed E-state index contributed by atoms with van der Waals surface area (Å²) in [5.41, 5.74) is 1.50. The summed E-state index contributed by atoms with van der Waals surface area (Å²) in [7, 11) is -3.93. The molecule has 0 saturated heterocycles. The number of carboxylic acids is 1. The Hall–Kier alpha value is -2.18. The number of carboxylic acid groups (broad SMARTS) is 1. The zero-order valence-corrected chi connectivity index (χ0v) is 12.0. The van der Waals surface area contributed by atoms with E-state index in [9.17, 15) is 13.2 Å². The lowest BCUT2D eigenvalue weighted by Gasteiger charge is -2.19. The second-order valence-corrected chi connectivity index (χ2v) is 6.28. The van der Waals surface area contributed by atoms with E-state index >= 15 is 0 Å². The first-order valence-electron chi connectivity index (χ1n) is 6.29. The van der Waals surface area contributed by atoms with Gasteiger partial charge in [-0.2, -0.15) is 0 Å². The van der Waals surface area contributed by atoms with Crippen LogP contribution in [0.1, 0.15) is 17.2 Å². The van der Waals surface area contributed by atoms with E-state index in [2.05, 4.69) is 4.72 Å². The first kappa shape index (κ1) is 15.2. The average molecular weight is 305 g/mol. The van der Waals surface area contributed by atoms with Gasteiger partial charge >= 0.3 is 5.97 Å². The molecule has 0 fully saturated rings. The van der Waals surface area contributed by atoms with Crippen LogP contribution in [-0.4, -0.2) is 25.2 Å². The fraction of sp³-hybridized carbons (Fsp3) is 0.133. The number of hydrogen-bond donors (Lipinski definition) is 2. The summed E-state index contributed by atoms with van der Waals surface area (Å²) in [4.78, 5) is 10.7. The largest absolute Gasteiger partial charge is 0.480 e. The second kappa shape index (κ2) is 6.51. The molecule has 0 spiro atoms. The van der Waals surface area contributed by atoms with Crippen molar-refractivity contribution in [3.05, 3.63) is 71.8 Å². The molecule has 0 atom stereocenters. The molecule has 6 heteroatoms. The van der Waals surface area contributed by atoms with Gasteiger partial charge in [0.2, 0.25) is 10.0 Å². The summed E-state index contributed by atoms with van der Waals surface area (Å²) >= 11 is 0. The highest BCUT2D eigenvalue weighted by Gasteiger charge is 2.23. The van der Waals surface area contributed by atoms with Crippen LogP contribution in [0.25, 0.3) is 0 Å². The van der Waals surface area contributed by atoms with Crippen LogP contribution >= 0.6 is 0 Å². The molecule has 0 bridgehead atoms. The van der Waals surface area contributed by atoms with Gasteiger partial charge in [0.05, 0.1) is 6.04 Å². The van der Waals surface area contributed by atoms with Crippen molar-refractivity contribution in [2.45, 2.75) is 6.04 Å². The van der Waals surface area contributed by atoms with Crippen LogP contribution in [-0.2, 0) is 14.8 Å². The van der Waals surface area contributed by atoms with Crippen molar-refractivity contribution < 1.29 is 18.3 Å². The van der Waals surface area contributed by atoms with Crippen molar-refractivity contribution >= 4 is 16.0 Å². The smallest absolute Gasteiger partial charge is 0.320 e. The number of nitrogens with one attached hydrogen (secondary N) is 1. The number of rotatable bonds is 6. The molecule has 0 unspecified atom stereocenters. The molecule has 0 amide bonds. The van der Waals surface area contributed by atoms with Crippen LogP contribution in [0, 0.1) is 0 Å². The zero-order chi connectivity index (χ0) is 15.3. The second-order valence-electron chi connectivity index (χ2n) is 4.53. The quantitative estimate of drug-likeness (QED) is 0.852. The highest BCUT2D eigenvalue weighted by Crippen LogP contribution is 2.22. The first-order valence-corrected chi connectivity index (χ1v) is 7.95. The molecule has 21 heavy (non-hydrogen) atoms. The third-order valence-corrected chi connectivity index (χ3v) is 4.10. The van der Waals surface area contributed by atoms with E-state index in [1.54, 1.807) is 48.5 Å². The normalized spacial score (nSPS) is 11.5. The van der Waals surface area contributed by atoms with Crippen LogP contribution in [0.15, 0.2) is 60.7 Å². The van der Waals surface area contributed by atoms with Gasteiger partial charge in [0.25, 0.3) is 0 Å². The molecule has 0 radical (unpaired) electrons. The maximum atomic E-state index is 11.9. The molecule has 2 N–H and O–H groups in total. The van der Waals surface area contributed by atoms with E-state index in [1.165, 1.54) is 0 Å². The summed E-state index contributed by atoms with van der Waals surface area (Å²) in [6.07, 6.45) is 0. The molecule has 0 saturated carbocycles. The molecule has 2 aromatic carbocycles. The van der Waals surface area contributed by atoms with Gasteiger partial charge < -0.3 is 5.11 Å². The molecule has 0 aliphatic heterocycles. The van der Waals surface area contributed by atoms with Gasteiger partial charge in [0, 0.05) is 0 Å². The summed E-state index contributed by atoms with van der Waals surface area (Å²) in [5.74, 6) is -2.34.